The molecule has 3 heteroatoms. The quantitative estimate of drug-likeness (QED) is 0.576. The standard InChI is InChI=1S/C8H15NOS/c1-3-8(4-5-9)11-7-6-10-2/h8H,3-4,6-7H2,1-2H3. The molecular formula is C8H15NOS. The van der Waals surface area contributed by atoms with E-state index in [-0.39, 0.29) is 0 Å². The van der Waals surface area contributed by atoms with Crippen LogP contribution in [0.4, 0.5) is 0 Å². The molecule has 0 aliphatic heterocycles. The number of nitriles is 1. The minimum atomic E-state index is 0.496. The predicted molar refractivity (Wildman–Crippen MR) is 48.6 cm³/mol. The van der Waals surface area contributed by atoms with E-state index in [0.717, 1.165) is 18.8 Å². The van der Waals surface area contributed by atoms with Gasteiger partial charge < -0.3 is 4.74 Å². The first-order valence-electron chi connectivity index (χ1n) is 3.82. The summed E-state index contributed by atoms with van der Waals surface area (Å²) in [6.07, 6.45) is 1.73. The van der Waals surface area contributed by atoms with Crippen LogP contribution in [-0.2, 0) is 4.74 Å². The molecule has 0 aliphatic carbocycles. The molecule has 11 heavy (non-hydrogen) atoms. The zero-order valence-corrected chi connectivity index (χ0v) is 7.99. The van der Waals surface area contributed by atoms with Crippen LogP contribution in [0.25, 0.3) is 0 Å². The summed E-state index contributed by atoms with van der Waals surface area (Å²) in [5.41, 5.74) is 0. The average Bonchev–Trinajstić information content (AvgIpc) is 2.03. The van der Waals surface area contributed by atoms with Crippen LogP contribution in [0.2, 0.25) is 0 Å². The highest BCUT2D eigenvalue weighted by atomic mass is 32.2. The van der Waals surface area contributed by atoms with E-state index in [1.165, 1.54) is 0 Å². The Morgan fingerprint density at radius 2 is 2.36 bits per heavy atom. The number of nitrogens with zero attached hydrogens (tertiary/aromatic N) is 1. The maximum atomic E-state index is 8.43. The first-order chi connectivity index (χ1) is 5.35. The lowest BCUT2D eigenvalue weighted by Gasteiger charge is -2.08. The number of ether oxygens (including phenoxy) is 1. The third-order valence-electron chi connectivity index (χ3n) is 1.42. The Kier molecular flexibility index (Phi) is 7.76. The molecule has 0 aromatic rings. The molecule has 0 rings (SSSR count). The Hall–Kier alpha value is -0.200. The molecule has 0 amide bonds. The number of thioether (sulfide) groups is 1. The molecule has 0 aromatic heterocycles. The lowest BCUT2D eigenvalue weighted by Crippen LogP contribution is -2.03. The van der Waals surface area contributed by atoms with Crippen molar-refractivity contribution in [2.75, 3.05) is 19.5 Å². The fourth-order valence-electron chi connectivity index (χ4n) is 0.721. The summed E-state index contributed by atoms with van der Waals surface area (Å²) in [6, 6.07) is 2.18. The first-order valence-corrected chi connectivity index (χ1v) is 4.87. The van der Waals surface area contributed by atoms with Crippen molar-refractivity contribution >= 4 is 11.8 Å². The van der Waals surface area contributed by atoms with Crippen LogP contribution in [0.15, 0.2) is 0 Å². The number of methoxy groups -OCH3 is 1. The normalized spacial score (nSPS) is 12.5. The molecule has 1 atom stereocenters. The maximum Gasteiger partial charge on any atom is 0.0633 e. The fourth-order valence-corrected chi connectivity index (χ4v) is 1.75. The molecule has 0 N–H and O–H groups in total. The molecule has 0 saturated carbocycles. The van der Waals surface area contributed by atoms with Gasteiger partial charge >= 0.3 is 0 Å². The first kappa shape index (κ1) is 10.8. The molecule has 0 heterocycles. The molecule has 1 unspecified atom stereocenters. The van der Waals surface area contributed by atoms with E-state index < -0.39 is 0 Å². The molecular weight excluding hydrogens is 158 g/mol. The minimum Gasteiger partial charge on any atom is -0.384 e. The Morgan fingerprint density at radius 1 is 1.64 bits per heavy atom. The number of hydrogen-bond donors (Lipinski definition) is 0. The zero-order chi connectivity index (χ0) is 8.53. The molecule has 0 saturated heterocycles. The summed E-state index contributed by atoms with van der Waals surface area (Å²) < 4.78 is 4.91. The van der Waals surface area contributed by atoms with E-state index in [9.17, 15) is 0 Å². The van der Waals surface area contributed by atoms with Crippen molar-refractivity contribution in [1.82, 2.24) is 0 Å². The Labute approximate surface area is 72.9 Å². The van der Waals surface area contributed by atoms with Crippen molar-refractivity contribution in [2.45, 2.75) is 25.0 Å². The predicted octanol–water partition coefficient (Wildman–Crippen LogP) is 2.06. The van der Waals surface area contributed by atoms with Crippen molar-refractivity contribution < 1.29 is 4.74 Å². The summed E-state index contributed by atoms with van der Waals surface area (Å²) >= 11 is 1.82. The number of rotatable bonds is 6. The van der Waals surface area contributed by atoms with Crippen molar-refractivity contribution in [3.63, 3.8) is 0 Å². The smallest absolute Gasteiger partial charge is 0.0633 e. The lowest BCUT2D eigenvalue weighted by atomic mass is 10.3. The van der Waals surface area contributed by atoms with Gasteiger partial charge in [0.15, 0.2) is 0 Å². The van der Waals surface area contributed by atoms with E-state index in [2.05, 4.69) is 13.0 Å². The fraction of sp³-hybridized carbons (Fsp3) is 0.875. The van der Waals surface area contributed by atoms with E-state index in [1.54, 1.807) is 7.11 Å². The van der Waals surface area contributed by atoms with Gasteiger partial charge in [-0.3, -0.25) is 0 Å². The third kappa shape index (κ3) is 6.21. The van der Waals surface area contributed by atoms with E-state index in [4.69, 9.17) is 10.00 Å². The van der Waals surface area contributed by atoms with Gasteiger partial charge in [-0.05, 0) is 6.42 Å². The molecule has 0 aliphatic rings. The Bertz CT molecular complexity index is 122. The molecule has 2 nitrogen and oxygen atoms in total. The second-order valence-electron chi connectivity index (χ2n) is 2.26. The van der Waals surface area contributed by atoms with E-state index in [0.29, 0.717) is 11.7 Å². The van der Waals surface area contributed by atoms with Gasteiger partial charge in [-0.1, -0.05) is 6.92 Å². The van der Waals surface area contributed by atoms with Crippen LogP contribution in [-0.4, -0.2) is 24.7 Å². The maximum absolute atomic E-state index is 8.43. The van der Waals surface area contributed by atoms with Crippen molar-refractivity contribution in [3.05, 3.63) is 0 Å². The average molecular weight is 173 g/mol. The zero-order valence-electron chi connectivity index (χ0n) is 7.17. The van der Waals surface area contributed by atoms with Crippen LogP contribution >= 0.6 is 11.8 Å². The van der Waals surface area contributed by atoms with Crippen molar-refractivity contribution in [2.24, 2.45) is 0 Å². The summed E-state index contributed by atoms with van der Waals surface area (Å²) in [5.74, 6) is 0.997. The van der Waals surface area contributed by atoms with Crippen LogP contribution < -0.4 is 0 Å². The largest absolute Gasteiger partial charge is 0.384 e. The number of hydrogen-bond acceptors (Lipinski definition) is 3. The van der Waals surface area contributed by atoms with Gasteiger partial charge in [-0.15, -0.1) is 0 Å². The second-order valence-corrected chi connectivity index (χ2v) is 3.66. The second kappa shape index (κ2) is 7.90. The monoisotopic (exact) mass is 173 g/mol. The summed E-state index contributed by atoms with van der Waals surface area (Å²) in [4.78, 5) is 0. The van der Waals surface area contributed by atoms with Crippen LogP contribution in [0, 0.1) is 11.3 Å². The van der Waals surface area contributed by atoms with Gasteiger partial charge in [0.1, 0.15) is 0 Å². The highest BCUT2D eigenvalue weighted by Gasteiger charge is 2.04. The van der Waals surface area contributed by atoms with Crippen LogP contribution in [0.5, 0.6) is 0 Å². The topological polar surface area (TPSA) is 33.0 Å². The third-order valence-corrected chi connectivity index (χ3v) is 2.79. The molecule has 0 spiro atoms. The van der Waals surface area contributed by atoms with Gasteiger partial charge in [0.2, 0.25) is 0 Å². The van der Waals surface area contributed by atoms with Crippen molar-refractivity contribution in [3.8, 4) is 6.07 Å². The Morgan fingerprint density at radius 3 is 2.82 bits per heavy atom. The molecule has 0 aromatic carbocycles. The summed E-state index contributed by atoms with van der Waals surface area (Å²) in [5, 5.41) is 8.93. The van der Waals surface area contributed by atoms with Gasteiger partial charge in [-0.2, -0.15) is 17.0 Å². The van der Waals surface area contributed by atoms with Gasteiger partial charge in [0, 0.05) is 24.5 Å². The highest BCUT2D eigenvalue weighted by Crippen LogP contribution is 2.16. The van der Waals surface area contributed by atoms with Gasteiger partial charge in [-0.25, -0.2) is 0 Å². The SMILES string of the molecule is CCC(CC#N)SCCOC. The molecule has 0 fully saturated rings. The van der Waals surface area contributed by atoms with E-state index in [1.807, 2.05) is 11.8 Å². The Balaban J connectivity index is 3.30. The molecule has 0 radical (unpaired) electrons. The molecule has 0 bridgehead atoms. The van der Waals surface area contributed by atoms with Gasteiger partial charge in [0.05, 0.1) is 12.7 Å². The highest BCUT2D eigenvalue weighted by molar-refractivity contribution is 7.99. The van der Waals surface area contributed by atoms with Crippen molar-refractivity contribution in [1.29, 1.82) is 5.26 Å². The van der Waals surface area contributed by atoms with Gasteiger partial charge in [0.25, 0.3) is 0 Å². The van der Waals surface area contributed by atoms with E-state index >= 15 is 0 Å². The molecule has 64 valence electrons. The van der Waals surface area contributed by atoms with Crippen LogP contribution in [0.1, 0.15) is 19.8 Å². The van der Waals surface area contributed by atoms with Crippen LogP contribution in [0.3, 0.4) is 0 Å². The summed E-state index contributed by atoms with van der Waals surface area (Å²) in [6.45, 7) is 2.90. The minimum absolute atomic E-state index is 0.496. The lowest BCUT2D eigenvalue weighted by molar-refractivity contribution is 0.218. The summed E-state index contributed by atoms with van der Waals surface area (Å²) in [7, 11) is 1.70.